The van der Waals surface area contributed by atoms with Crippen LogP contribution in [0.15, 0.2) is 47.6 Å². The summed E-state index contributed by atoms with van der Waals surface area (Å²) in [5.74, 6) is 1.10. The zero-order valence-corrected chi connectivity index (χ0v) is 17.4. The number of benzene rings is 1. The van der Waals surface area contributed by atoms with Crippen LogP contribution in [0.3, 0.4) is 0 Å². The highest BCUT2D eigenvalue weighted by atomic mass is 19.4. The van der Waals surface area contributed by atoms with Gasteiger partial charge in [-0.25, -0.2) is 4.98 Å². The first-order valence-electron chi connectivity index (χ1n) is 9.93. The fourth-order valence-electron chi connectivity index (χ4n) is 3.23. The van der Waals surface area contributed by atoms with E-state index in [4.69, 9.17) is 4.74 Å². The van der Waals surface area contributed by atoms with E-state index < -0.39 is 6.36 Å². The summed E-state index contributed by atoms with van der Waals surface area (Å²) < 4.78 is 47.4. The van der Waals surface area contributed by atoms with Gasteiger partial charge in [-0.15, -0.1) is 13.2 Å². The van der Waals surface area contributed by atoms with Crippen LogP contribution in [-0.4, -0.2) is 50.2 Å². The first-order chi connectivity index (χ1) is 14.8. The molecule has 0 aliphatic carbocycles. The lowest BCUT2D eigenvalue weighted by atomic mass is 10.2. The Kier molecular flexibility index (Phi) is 7.56. The van der Waals surface area contributed by atoms with Gasteiger partial charge in [0.05, 0.1) is 12.7 Å². The van der Waals surface area contributed by atoms with Crippen LogP contribution in [0.4, 0.5) is 19.0 Å². The predicted octanol–water partition coefficient (Wildman–Crippen LogP) is 3.07. The van der Waals surface area contributed by atoms with Crippen LogP contribution in [0.5, 0.6) is 5.75 Å². The molecule has 168 valence electrons. The van der Waals surface area contributed by atoms with E-state index in [9.17, 15) is 13.2 Å². The summed E-state index contributed by atoms with van der Waals surface area (Å²) in [6.07, 6.45) is -2.83. The summed E-state index contributed by atoms with van der Waals surface area (Å²) in [4.78, 5) is 10.8. The molecule has 7 nitrogen and oxygen atoms in total. The number of anilines is 1. The maximum atomic E-state index is 12.6. The second-order valence-corrected chi connectivity index (χ2v) is 7.08. The van der Waals surface area contributed by atoms with Crippen molar-refractivity contribution < 1.29 is 22.6 Å². The number of nitrogens with zero attached hydrogens (tertiary/aromatic N) is 3. The lowest BCUT2D eigenvalue weighted by molar-refractivity contribution is -0.274. The van der Waals surface area contributed by atoms with Gasteiger partial charge < -0.3 is 25.0 Å². The van der Waals surface area contributed by atoms with Crippen molar-refractivity contribution in [2.75, 3.05) is 31.6 Å². The molecule has 0 radical (unpaired) electrons. The molecular weight excluding hydrogens is 411 g/mol. The number of ether oxygens (including phenoxy) is 2. The molecule has 2 N–H and O–H groups in total. The zero-order chi connectivity index (χ0) is 22.3. The number of nitrogens with one attached hydrogen (secondary N) is 2. The lowest BCUT2D eigenvalue weighted by Gasteiger charge is -2.32. The van der Waals surface area contributed by atoms with Crippen molar-refractivity contribution in [1.82, 2.24) is 15.6 Å². The molecule has 1 atom stereocenters. The number of halogens is 3. The molecule has 1 unspecified atom stereocenters. The Morgan fingerprint density at radius 3 is 2.77 bits per heavy atom. The standard InChI is InChI=1S/C21H26F3N5O2/c1-15-14-29(9-10-30-15)19-11-16(7-8-26-19)12-27-20(25-2)28-13-17-5-3-4-6-18(17)31-21(22,23)24/h3-8,11,15H,9-10,12-14H2,1-2H3,(H2,25,27,28). The first-order valence-corrected chi connectivity index (χ1v) is 9.93. The molecule has 3 rings (SSSR count). The zero-order valence-electron chi connectivity index (χ0n) is 17.4. The highest BCUT2D eigenvalue weighted by molar-refractivity contribution is 5.79. The van der Waals surface area contributed by atoms with E-state index in [0.717, 1.165) is 24.5 Å². The van der Waals surface area contributed by atoms with Gasteiger partial charge in [0.1, 0.15) is 11.6 Å². The summed E-state index contributed by atoms with van der Waals surface area (Å²) in [5.41, 5.74) is 1.38. The number of para-hydroxylation sites is 1. The lowest BCUT2D eigenvalue weighted by Crippen LogP contribution is -2.41. The van der Waals surface area contributed by atoms with Crippen molar-refractivity contribution in [2.24, 2.45) is 4.99 Å². The van der Waals surface area contributed by atoms with Crippen molar-refractivity contribution in [3.8, 4) is 5.75 Å². The van der Waals surface area contributed by atoms with Gasteiger partial charge in [-0.05, 0) is 30.7 Å². The molecule has 0 saturated carbocycles. The molecule has 1 saturated heterocycles. The van der Waals surface area contributed by atoms with Gasteiger partial charge >= 0.3 is 6.36 Å². The van der Waals surface area contributed by atoms with Gasteiger partial charge in [0.25, 0.3) is 0 Å². The van der Waals surface area contributed by atoms with Crippen molar-refractivity contribution in [3.63, 3.8) is 0 Å². The molecule has 1 fully saturated rings. The maximum Gasteiger partial charge on any atom is 0.573 e. The molecule has 2 heterocycles. The molecule has 2 aromatic rings. The minimum Gasteiger partial charge on any atom is -0.405 e. The Bertz CT molecular complexity index is 891. The molecule has 1 aliphatic rings. The van der Waals surface area contributed by atoms with E-state index in [-0.39, 0.29) is 18.4 Å². The van der Waals surface area contributed by atoms with Crippen molar-refractivity contribution in [1.29, 1.82) is 0 Å². The fourth-order valence-corrected chi connectivity index (χ4v) is 3.23. The van der Waals surface area contributed by atoms with Gasteiger partial charge in [-0.2, -0.15) is 0 Å². The molecule has 0 spiro atoms. The number of hydrogen-bond donors (Lipinski definition) is 2. The van der Waals surface area contributed by atoms with Crippen LogP contribution in [0.2, 0.25) is 0 Å². The molecule has 1 aliphatic heterocycles. The van der Waals surface area contributed by atoms with Gasteiger partial charge in [0.2, 0.25) is 0 Å². The van der Waals surface area contributed by atoms with Crippen molar-refractivity contribution in [3.05, 3.63) is 53.7 Å². The third-order valence-corrected chi connectivity index (χ3v) is 4.70. The smallest absolute Gasteiger partial charge is 0.405 e. The molecule has 1 aromatic carbocycles. The Morgan fingerprint density at radius 2 is 2.03 bits per heavy atom. The number of rotatable bonds is 6. The van der Waals surface area contributed by atoms with Crippen LogP contribution in [0.1, 0.15) is 18.1 Å². The number of hydrogen-bond acceptors (Lipinski definition) is 5. The van der Waals surface area contributed by atoms with E-state index in [2.05, 4.69) is 30.2 Å². The molecule has 31 heavy (non-hydrogen) atoms. The maximum absolute atomic E-state index is 12.6. The number of guanidine groups is 1. The molecule has 0 bridgehead atoms. The molecule has 1 aromatic heterocycles. The summed E-state index contributed by atoms with van der Waals surface area (Å²) in [6.45, 7) is 4.88. The van der Waals surface area contributed by atoms with Crippen molar-refractivity contribution in [2.45, 2.75) is 32.5 Å². The van der Waals surface area contributed by atoms with Gasteiger partial charge in [-0.3, -0.25) is 4.99 Å². The van der Waals surface area contributed by atoms with Gasteiger partial charge in [0.15, 0.2) is 5.96 Å². The number of alkyl halides is 3. The monoisotopic (exact) mass is 437 g/mol. The Hall–Kier alpha value is -3.01. The summed E-state index contributed by atoms with van der Waals surface area (Å²) >= 11 is 0. The number of aliphatic imine (C=N–C) groups is 1. The van der Waals surface area contributed by atoms with Gasteiger partial charge in [-0.1, -0.05) is 18.2 Å². The Labute approximate surface area is 179 Å². The van der Waals surface area contributed by atoms with Crippen LogP contribution < -0.4 is 20.3 Å². The summed E-state index contributed by atoms with van der Waals surface area (Å²) in [5, 5.41) is 6.18. The summed E-state index contributed by atoms with van der Waals surface area (Å²) in [7, 11) is 1.60. The molecular formula is C21H26F3N5O2. The Morgan fingerprint density at radius 1 is 1.26 bits per heavy atom. The van der Waals surface area contributed by atoms with Crippen LogP contribution in [0.25, 0.3) is 0 Å². The molecule has 10 heteroatoms. The van der Waals surface area contributed by atoms with E-state index in [1.165, 1.54) is 12.1 Å². The first kappa shape index (κ1) is 22.7. The quantitative estimate of drug-likeness (QED) is 0.535. The average Bonchev–Trinajstić information content (AvgIpc) is 2.74. The SMILES string of the molecule is CN=C(NCc1ccnc(N2CCOC(C)C2)c1)NCc1ccccc1OC(F)(F)F. The third kappa shape index (κ3) is 7.02. The second-order valence-electron chi connectivity index (χ2n) is 7.08. The van der Waals surface area contributed by atoms with Crippen molar-refractivity contribution >= 4 is 11.8 Å². The minimum atomic E-state index is -4.74. The number of pyridine rings is 1. The van der Waals surface area contributed by atoms with Crippen LogP contribution in [-0.2, 0) is 17.8 Å². The third-order valence-electron chi connectivity index (χ3n) is 4.70. The van der Waals surface area contributed by atoms with E-state index >= 15 is 0 Å². The van der Waals surface area contributed by atoms with Gasteiger partial charge in [0, 0.05) is 45.0 Å². The predicted molar refractivity (Wildman–Crippen MR) is 112 cm³/mol. The number of morpholine rings is 1. The normalized spacial score (nSPS) is 17.4. The average molecular weight is 437 g/mol. The van der Waals surface area contributed by atoms with E-state index in [0.29, 0.717) is 24.7 Å². The van der Waals surface area contributed by atoms with E-state index in [1.807, 2.05) is 19.1 Å². The largest absolute Gasteiger partial charge is 0.573 e. The highest BCUT2D eigenvalue weighted by Crippen LogP contribution is 2.26. The Balaban J connectivity index is 1.57. The topological polar surface area (TPSA) is 71.0 Å². The number of aromatic nitrogens is 1. The van der Waals surface area contributed by atoms with Crippen LogP contribution in [0, 0.1) is 0 Å². The van der Waals surface area contributed by atoms with Crippen LogP contribution >= 0.6 is 0 Å². The second kappa shape index (κ2) is 10.3. The van der Waals surface area contributed by atoms with E-state index in [1.54, 1.807) is 25.4 Å². The fraction of sp³-hybridized carbons (Fsp3) is 0.429. The molecule has 0 amide bonds. The minimum absolute atomic E-state index is 0.124. The summed E-state index contributed by atoms with van der Waals surface area (Å²) in [6, 6.07) is 9.91. The highest BCUT2D eigenvalue weighted by Gasteiger charge is 2.32.